The van der Waals surface area contributed by atoms with Crippen molar-refractivity contribution in [2.75, 3.05) is 23.7 Å². The van der Waals surface area contributed by atoms with Gasteiger partial charge in [-0.05, 0) is 73.7 Å². The molecule has 34 heavy (non-hydrogen) atoms. The van der Waals surface area contributed by atoms with Crippen molar-refractivity contribution in [3.05, 3.63) is 84.4 Å². The van der Waals surface area contributed by atoms with Crippen molar-refractivity contribution in [1.82, 2.24) is 5.32 Å². The molecule has 1 atom stereocenters. The topological polar surface area (TPSA) is 75.7 Å². The quantitative estimate of drug-likeness (QED) is 0.365. The zero-order chi connectivity index (χ0) is 24.6. The molecular formula is C26H30N2O4S2. The van der Waals surface area contributed by atoms with Crippen LogP contribution >= 0.6 is 11.8 Å². The van der Waals surface area contributed by atoms with Crippen molar-refractivity contribution in [3.8, 4) is 5.75 Å². The monoisotopic (exact) mass is 498 g/mol. The number of sulfonamides is 1. The second kappa shape index (κ2) is 11.9. The van der Waals surface area contributed by atoms with Gasteiger partial charge in [0.25, 0.3) is 10.0 Å². The molecule has 0 aliphatic heterocycles. The molecule has 0 fully saturated rings. The Morgan fingerprint density at radius 2 is 1.62 bits per heavy atom. The third kappa shape index (κ3) is 6.33. The zero-order valence-electron chi connectivity index (χ0n) is 19.6. The molecule has 0 aliphatic rings. The van der Waals surface area contributed by atoms with Crippen LogP contribution < -0.4 is 14.4 Å². The number of ether oxygens (including phenoxy) is 1. The molecule has 3 aromatic rings. The Morgan fingerprint density at radius 3 is 2.18 bits per heavy atom. The number of rotatable bonds is 11. The van der Waals surface area contributed by atoms with Crippen LogP contribution in [-0.2, 0) is 14.8 Å². The fraction of sp³-hybridized carbons (Fsp3) is 0.269. The number of carbonyl (C=O) groups excluding carboxylic acids is 1. The molecule has 3 aromatic carbocycles. The Kier molecular flexibility index (Phi) is 9.01. The van der Waals surface area contributed by atoms with E-state index < -0.39 is 10.0 Å². The summed E-state index contributed by atoms with van der Waals surface area (Å²) in [5.41, 5.74) is 1.36. The van der Waals surface area contributed by atoms with Gasteiger partial charge < -0.3 is 10.1 Å². The molecule has 6 nitrogen and oxygen atoms in total. The Bertz CT molecular complexity index is 1170. The zero-order valence-corrected chi connectivity index (χ0v) is 21.2. The number of nitrogens with zero attached hydrogens (tertiary/aromatic N) is 1. The van der Waals surface area contributed by atoms with Crippen LogP contribution in [0.3, 0.4) is 0 Å². The Hall–Kier alpha value is -2.97. The largest absolute Gasteiger partial charge is 0.494 e. The van der Waals surface area contributed by atoms with E-state index in [1.54, 1.807) is 48.5 Å². The lowest BCUT2D eigenvalue weighted by atomic mass is 10.0. The average molecular weight is 499 g/mol. The van der Waals surface area contributed by atoms with Gasteiger partial charge in [-0.1, -0.05) is 37.3 Å². The molecule has 0 radical (unpaired) electrons. The van der Waals surface area contributed by atoms with Crippen molar-refractivity contribution < 1.29 is 17.9 Å². The maximum Gasteiger partial charge on any atom is 0.264 e. The summed E-state index contributed by atoms with van der Waals surface area (Å²) in [5.74, 6) is 0.251. The minimum absolute atomic E-state index is 0.127. The summed E-state index contributed by atoms with van der Waals surface area (Å²) < 4.78 is 33.9. The molecule has 0 saturated carbocycles. The van der Waals surface area contributed by atoms with Crippen LogP contribution in [0, 0.1) is 0 Å². The SMILES string of the molecule is CCOc1ccc(N(CC(=O)NC(CC)c2ccccc2)S(=O)(=O)c2ccc(SC)cc2)cc1. The predicted octanol–water partition coefficient (Wildman–Crippen LogP) is 5.27. The lowest BCUT2D eigenvalue weighted by Gasteiger charge is -2.26. The van der Waals surface area contributed by atoms with Gasteiger partial charge in [0.05, 0.1) is 23.2 Å². The van der Waals surface area contributed by atoms with E-state index in [1.165, 1.54) is 11.8 Å². The number of hydrogen-bond donors (Lipinski definition) is 1. The van der Waals surface area contributed by atoms with Gasteiger partial charge in [-0.2, -0.15) is 0 Å². The van der Waals surface area contributed by atoms with Crippen LogP contribution in [0.15, 0.2) is 88.7 Å². The first-order chi connectivity index (χ1) is 16.4. The summed E-state index contributed by atoms with van der Waals surface area (Å²) in [5, 5.41) is 2.98. The first kappa shape index (κ1) is 25.6. The number of carbonyl (C=O) groups is 1. The first-order valence-corrected chi connectivity index (χ1v) is 13.8. The molecular weight excluding hydrogens is 468 g/mol. The van der Waals surface area contributed by atoms with Gasteiger partial charge in [0.2, 0.25) is 5.91 Å². The molecule has 0 spiro atoms. The molecule has 1 N–H and O–H groups in total. The maximum atomic E-state index is 13.6. The van der Waals surface area contributed by atoms with Gasteiger partial charge >= 0.3 is 0 Å². The number of benzene rings is 3. The summed E-state index contributed by atoms with van der Waals surface area (Å²) in [6.45, 7) is 4.02. The minimum Gasteiger partial charge on any atom is -0.494 e. The van der Waals surface area contributed by atoms with Gasteiger partial charge in [-0.25, -0.2) is 8.42 Å². The van der Waals surface area contributed by atoms with Crippen LogP contribution in [0.1, 0.15) is 31.9 Å². The van der Waals surface area contributed by atoms with Crippen LogP contribution in [0.25, 0.3) is 0 Å². The number of hydrogen-bond acceptors (Lipinski definition) is 5. The van der Waals surface area contributed by atoms with E-state index in [-0.39, 0.29) is 23.4 Å². The summed E-state index contributed by atoms with van der Waals surface area (Å²) in [4.78, 5) is 14.2. The van der Waals surface area contributed by atoms with Crippen molar-refractivity contribution >= 4 is 33.4 Å². The highest BCUT2D eigenvalue weighted by Crippen LogP contribution is 2.27. The van der Waals surface area contributed by atoms with Crippen LogP contribution in [0.4, 0.5) is 5.69 Å². The molecule has 180 valence electrons. The van der Waals surface area contributed by atoms with E-state index in [1.807, 2.05) is 50.4 Å². The molecule has 0 aliphatic carbocycles. The second-order valence-corrected chi connectivity index (χ2v) is 10.3. The lowest BCUT2D eigenvalue weighted by molar-refractivity contribution is -0.120. The fourth-order valence-corrected chi connectivity index (χ4v) is 5.37. The van der Waals surface area contributed by atoms with Gasteiger partial charge in [-0.3, -0.25) is 9.10 Å². The van der Waals surface area contributed by atoms with E-state index >= 15 is 0 Å². The van der Waals surface area contributed by atoms with Crippen molar-refractivity contribution in [1.29, 1.82) is 0 Å². The first-order valence-electron chi connectivity index (χ1n) is 11.1. The Labute approximate surface area is 206 Å². The van der Waals surface area contributed by atoms with Crippen molar-refractivity contribution in [2.24, 2.45) is 0 Å². The fourth-order valence-electron chi connectivity index (χ4n) is 3.54. The summed E-state index contributed by atoms with van der Waals surface area (Å²) in [6.07, 6.45) is 2.61. The highest BCUT2D eigenvalue weighted by molar-refractivity contribution is 7.98. The molecule has 0 aromatic heterocycles. The van der Waals surface area contributed by atoms with E-state index in [4.69, 9.17) is 4.74 Å². The molecule has 8 heteroatoms. The highest BCUT2D eigenvalue weighted by Gasteiger charge is 2.28. The predicted molar refractivity (Wildman–Crippen MR) is 138 cm³/mol. The summed E-state index contributed by atoms with van der Waals surface area (Å²) >= 11 is 1.53. The van der Waals surface area contributed by atoms with Crippen molar-refractivity contribution in [2.45, 2.75) is 36.1 Å². The third-order valence-electron chi connectivity index (χ3n) is 5.32. The summed E-state index contributed by atoms with van der Waals surface area (Å²) in [6, 6.07) is 22.8. The van der Waals surface area contributed by atoms with Crippen LogP contribution in [-0.4, -0.2) is 33.7 Å². The molecule has 1 amide bonds. The molecule has 0 heterocycles. The molecule has 3 rings (SSSR count). The molecule has 1 unspecified atom stereocenters. The van der Waals surface area contributed by atoms with Gasteiger partial charge in [0.15, 0.2) is 0 Å². The van der Waals surface area contributed by atoms with E-state index in [0.717, 1.165) is 14.8 Å². The number of thioether (sulfide) groups is 1. The van der Waals surface area contributed by atoms with Crippen LogP contribution in [0.5, 0.6) is 5.75 Å². The second-order valence-electron chi connectivity index (χ2n) is 7.55. The number of amides is 1. The Morgan fingerprint density at radius 1 is 0.971 bits per heavy atom. The Balaban J connectivity index is 1.91. The van der Waals surface area contributed by atoms with Crippen molar-refractivity contribution in [3.63, 3.8) is 0 Å². The number of anilines is 1. The van der Waals surface area contributed by atoms with Gasteiger partial charge in [0, 0.05) is 4.90 Å². The number of nitrogens with one attached hydrogen (secondary N) is 1. The molecule has 0 bridgehead atoms. The summed E-state index contributed by atoms with van der Waals surface area (Å²) in [7, 11) is -3.98. The maximum absolute atomic E-state index is 13.6. The van der Waals surface area contributed by atoms with E-state index in [9.17, 15) is 13.2 Å². The van der Waals surface area contributed by atoms with E-state index in [2.05, 4.69) is 5.32 Å². The highest BCUT2D eigenvalue weighted by atomic mass is 32.2. The van der Waals surface area contributed by atoms with Gasteiger partial charge in [0.1, 0.15) is 12.3 Å². The smallest absolute Gasteiger partial charge is 0.264 e. The van der Waals surface area contributed by atoms with E-state index in [0.29, 0.717) is 24.5 Å². The third-order valence-corrected chi connectivity index (χ3v) is 7.85. The van der Waals surface area contributed by atoms with Gasteiger partial charge in [-0.15, -0.1) is 11.8 Å². The molecule has 0 saturated heterocycles. The van der Waals surface area contributed by atoms with Crippen LogP contribution in [0.2, 0.25) is 0 Å². The normalized spacial score (nSPS) is 12.1. The lowest BCUT2D eigenvalue weighted by Crippen LogP contribution is -2.42. The minimum atomic E-state index is -3.98. The average Bonchev–Trinajstić information content (AvgIpc) is 2.87. The standard InChI is InChI=1S/C26H30N2O4S2/c1-4-25(20-9-7-6-8-10-20)27-26(29)19-28(21-11-13-22(14-12-21)32-5-2)34(30,31)24-17-15-23(33-3)16-18-24/h6-18,25H,4-5,19H2,1-3H3,(H,27,29).